The maximum atomic E-state index is 5.58. The first-order valence-electron chi connectivity index (χ1n) is 2.65. The van der Waals surface area contributed by atoms with Gasteiger partial charge in [-0.1, -0.05) is 12.1 Å². The van der Waals surface area contributed by atoms with Crippen molar-refractivity contribution in [1.29, 1.82) is 0 Å². The Balaban J connectivity index is 3.01. The summed E-state index contributed by atoms with van der Waals surface area (Å²) in [6, 6.07) is 8.65. The molecule has 0 aliphatic heterocycles. The molecule has 1 rings (SSSR count). The van der Waals surface area contributed by atoms with Crippen LogP contribution in [0.5, 0.6) is 0 Å². The molecule has 0 aromatic heterocycles. The van der Waals surface area contributed by atoms with Crippen LogP contribution in [0.15, 0.2) is 23.1 Å². The number of nitrogen functional groups attached to an aromatic ring is 1. The lowest BCUT2D eigenvalue weighted by atomic mass is 10.3. The monoisotopic (exact) mass is 138 g/mol. The highest BCUT2D eigenvalue weighted by Crippen LogP contribution is 2.20. The highest BCUT2D eigenvalue weighted by molar-refractivity contribution is 7.98. The van der Waals surface area contributed by atoms with E-state index in [1.807, 2.05) is 24.5 Å². The lowest BCUT2D eigenvalue weighted by Crippen LogP contribution is -1.85. The number of hydrogen-bond donors (Lipinski definition) is 1. The molecule has 0 unspecified atom stereocenters. The average Bonchev–Trinajstić information content (AvgIpc) is 1.89. The summed E-state index contributed by atoms with van der Waals surface area (Å²) in [5, 5.41) is 0. The molecule has 9 heavy (non-hydrogen) atoms. The third-order valence-corrected chi connectivity index (χ3v) is 1.81. The molecule has 1 aromatic carbocycles. The third kappa shape index (κ3) is 1.39. The van der Waals surface area contributed by atoms with Crippen LogP contribution >= 0.6 is 11.8 Å². The average molecular weight is 138 g/mol. The van der Waals surface area contributed by atoms with Crippen molar-refractivity contribution in [1.82, 2.24) is 0 Å². The molecule has 1 aromatic rings. The Hall–Kier alpha value is -0.630. The van der Waals surface area contributed by atoms with Gasteiger partial charge in [-0.15, -0.1) is 11.8 Å². The lowest BCUT2D eigenvalue weighted by Gasteiger charge is -1.97. The van der Waals surface area contributed by atoms with E-state index in [0.717, 1.165) is 10.6 Å². The summed E-state index contributed by atoms with van der Waals surface area (Å²) in [4.78, 5) is 1.03. The predicted octanol–water partition coefficient (Wildman–Crippen LogP) is 1.79. The lowest BCUT2D eigenvalue weighted by molar-refractivity contribution is 1.45. The van der Waals surface area contributed by atoms with Gasteiger partial charge in [0.05, 0.1) is 0 Å². The van der Waals surface area contributed by atoms with Crippen LogP contribution in [-0.4, -0.2) is 6.26 Å². The second-order valence-electron chi connectivity index (χ2n) is 1.66. The quantitative estimate of drug-likeness (QED) is 0.473. The third-order valence-electron chi connectivity index (χ3n) is 1.05. The van der Waals surface area contributed by atoms with Gasteiger partial charge in [-0.25, -0.2) is 0 Å². The molecule has 0 saturated heterocycles. The number of benzene rings is 1. The maximum absolute atomic E-state index is 5.58. The molecule has 1 nitrogen and oxygen atoms in total. The number of hydrogen-bond acceptors (Lipinski definition) is 2. The van der Waals surface area contributed by atoms with E-state index < -0.39 is 0 Å². The Bertz CT molecular complexity index is 198. The molecule has 0 fully saturated rings. The number of rotatable bonds is 1. The summed E-state index contributed by atoms with van der Waals surface area (Å²) in [7, 11) is 0. The van der Waals surface area contributed by atoms with E-state index in [1.54, 1.807) is 11.8 Å². The van der Waals surface area contributed by atoms with Gasteiger partial charge in [-0.05, 0) is 18.4 Å². The predicted molar refractivity (Wildman–Crippen MR) is 41.5 cm³/mol. The van der Waals surface area contributed by atoms with Crippen LogP contribution in [0.25, 0.3) is 0 Å². The summed E-state index contributed by atoms with van der Waals surface area (Å²) in [5.41, 5.74) is 6.39. The minimum absolute atomic E-state index is 0.810. The van der Waals surface area contributed by atoms with Crippen LogP contribution < -0.4 is 5.73 Å². The summed E-state index contributed by atoms with van der Waals surface area (Å²) in [5.74, 6) is 0. The Labute approximate surface area is 59.3 Å². The summed E-state index contributed by atoms with van der Waals surface area (Å²) >= 11 is 1.61. The van der Waals surface area contributed by atoms with Crippen LogP contribution in [0.2, 0.25) is 0 Å². The van der Waals surface area contributed by atoms with Crippen molar-refractivity contribution in [2.45, 2.75) is 4.90 Å². The van der Waals surface area contributed by atoms with Crippen molar-refractivity contribution in [2.75, 3.05) is 12.0 Å². The van der Waals surface area contributed by atoms with Crippen molar-refractivity contribution in [3.8, 4) is 0 Å². The molecule has 0 saturated carbocycles. The first-order chi connectivity index (χ1) is 4.34. The van der Waals surface area contributed by atoms with E-state index in [1.165, 1.54) is 0 Å². The fourth-order valence-corrected chi connectivity index (χ4v) is 1.10. The van der Waals surface area contributed by atoms with Gasteiger partial charge < -0.3 is 5.73 Å². The van der Waals surface area contributed by atoms with Crippen molar-refractivity contribution in [3.63, 3.8) is 0 Å². The van der Waals surface area contributed by atoms with Crippen LogP contribution in [0, 0.1) is 6.07 Å². The normalized spacial score (nSPS) is 9.44. The molecule has 47 valence electrons. The van der Waals surface area contributed by atoms with Crippen molar-refractivity contribution >= 4 is 17.4 Å². The summed E-state index contributed by atoms with van der Waals surface area (Å²) in [6.07, 6.45) is 1.99. The minimum atomic E-state index is 0.810. The Kier molecular flexibility index (Phi) is 2.01. The molecule has 0 bridgehead atoms. The smallest absolute Gasteiger partial charge is 0.0458 e. The molecule has 0 amide bonds. The van der Waals surface area contributed by atoms with Gasteiger partial charge in [0.15, 0.2) is 0 Å². The van der Waals surface area contributed by atoms with E-state index in [-0.39, 0.29) is 0 Å². The van der Waals surface area contributed by atoms with E-state index in [4.69, 9.17) is 5.73 Å². The van der Waals surface area contributed by atoms with Crippen LogP contribution in [0.4, 0.5) is 5.69 Å². The molecule has 0 aliphatic carbocycles. The first kappa shape index (κ1) is 6.49. The molecular weight excluding hydrogens is 130 g/mol. The van der Waals surface area contributed by atoms with Crippen LogP contribution in [0.3, 0.4) is 0 Å². The fraction of sp³-hybridized carbons (Fsp3) is 0.143. The van der Waals surface area contributed by atoms with E-state index >= 15 is 0 Å². The summed E-state index contributed by atoms with van der Waals surface area (Å²) < 4.78 is 0. The van der Waals surface area contributed by atoms with Crippen molar-refractivity contribution in [3.05, 3.63) is 24.3 Å². The van der Waals surface area contributed by atoms with Gasteiger partial charge in [0.1, 0.15) is 0 Å². The largest absolute Gasteiger partial charge is 0.398 e. The second kappa shape index (κ2) is 2.78. The van der Waals surface area contributed by atoms with Crippen LogP contribution in [-0.2, 0) is 0 Å². The van der Waals surface area contributed by atoms with Gasteiger partial charge in [0, 0.05) is 10.6 Å². The van der Waals surface area contributed by atoms with Crippen LogP contribution in [0.1, 0.15) is 0 Å². The van der Waals surface area contributed by atoms with Gasteiger partial charge in [0.25, 0.3) is 0 Å². The van der Waals surface area contributed by atoms with Gasteiger partial charge >= 0.3 is 0 Å². The van der Waals surface area contributed by atoms with E-state index in [2.05, 4.69) is 6.07 Å². The molecule has 0 aliphatic rings. The zero-order valence-electron chi connectivity index (χ0n) is 5.22. The van der Waals surface area contributed by atoms with Gasteiger partial charge in [0.2, 0.25) is 0 Å². The Morgan fingerprint density at radius 3 is 2.89 bits per heavy atom. The zero-order valence-corrected chi connectivity index (χ0v) is 6.03. The number of anilines is 1. The highest BCUT2D eigenvalue weighted by atomic mass is 32.2. The topological polar surface area (TPSA) is 26.0 Å². The maximum Gasteiger partial charge on any atom is 0.0458 e. The van der Waals surface area contributed by atoms with E-state index in [0.29, 0.717) is 0 Å². The molecule has 2 heteroatoms. The fourth-order valence-electron chi connectivity index (χ4n) is 0.611. The Morgan fingerprint density at radius 2 is 2.44 bits per heavy atom. The molecule has 0 atom stereocenters. The molecular formula is C7H8NS. The SMILES string of the molecule is CSc1[c]cccc1N. The highest BCUT2D eigenvalue weighted by Gasteiger charge is 1.91. The van der Waals surface area contributed by atoms with E-state index in [9.17, 15) is 0 Å². The summed E-state index contributed by atoms with van der Waals surface area (Å²) in [6.45, 7) is 0. The Morgan fingerprint density at radius 1 is 1.67 bits per heavy atom. The molecule has 0 spiro atoms. The van der Waals surface area contributed by atoms with Crippen molar-refractivity contribution in [2.24, 2.45) is 0 Å². The first-order valence-corrected chi connectivity index (χ1v) is 3.87. The molecule has 1 radical (unpaired) electrons. The molecule has 2 N–H and O–H groups in total. The second-order valence-corrected chi connectivity index (χ2v) is 2.48. The van der Waals surface area contributed by atoms with Gasteiger partial charge in [-0.2, -0.15) is 0 Å². The number of nitrogens with two attached hydrogens (primary N) is 1. The molecule has 0 heterocycles. The standard InChI is InChI=1S/C7H8NS/c1-9-7-5-3-2-4-6(7)8/h2-4H,8H2,1H3. The van der Waals surface area contributed by atoms with Gasteiger partial charge in [-0.3, -0.25) is 0 Å². The van der Waals surface area contributed by atoms with Crippen molar-refractivity contribution < 1.29 is 0 Å². The zero-order chi connectivity index (χ0) is 6.69. The minimum Gasteiger partial charge on any atom is -0.398 e. The number of thioether (sulfide) groups is 1.